The summed E-state index contributed by atoms with van der Waals surface area (Å²) < 4.78 is 14.8. The molecule has 1 aromatic heterocycles. The summed E-state index contributed by atoms with van der Waals surface area (Å²) in [6.45, 7) is 14.0. The molecule has 1 atom stereocenters. The Balaban J connectivity index is 1.86. The minimum Gasteiger partial charge on any atom is -0.475 e. The summed E-state index contributed by atoms with van der Waals surface area (Å²) in [5, 5.41) is 12.4. The van der Waals surface area contributed by atoms with Crippen LogP contribution < -0.4 is 14.8 Å². The number of carbonyl (C=O) groups excluding carboxylic acids is 1. The summed E-state index contributed by atoms with van der Waals surface area (Å²) in [4.78, 5) is 22.8. The molecule has 1 unspecified atom stereocenters. The van der Waals surface area contributed by atoms with Gasteiger partial charge in [-0.25, -0.2) is 9.78 Å². The van der Waals surface area contributed by atoms with Crippen molar-refractivity contribution in [3.05, 3.63) is 65.2 Å². The number of anilines is 1. The summed E-state index contributed by atoms with van der Waals surface area (Å²) >= 11 is 1.36. The first-order valence-corrected chi connectivity index (χ1v) is 14.0. The molecule has 0 aliphatic carbocycles. The van der Waals surface area contributed by atoms with Gasteiger partial charge in [0.05, 0.1) is 18.3 Å². The molecule has 0 radical (unpaired) electrons. The van der Waals surface area contributed by atoms with E-state index in [1.54, 1.807) is 0 Å². The summed E-state index contributed by atoms with van der Waals surface area (Å²) in [6.07, 6.45) is 0.246. The number of hydrogen-bond acceptors (Lipinski definition) is 8. The van der Waals surface area contributed by atoms with Gasteiger partial charge >= 0.3 is 6.09 Å². The molecule has 1 heterocycles. The number of aryl methyl sites for hydroxylation is 2. The lowest BCUT2D eigenvalue weighted by atomic mass is 10.00. The van der Waals surface area contributed by atoms with Crippen LogP contribution in [0, 0.1) is 19.8 Å². The van der Waals surface area contributed by atoms with E-state index < -0.39 is 11.7 Å². The Morgan fingerprint density at radius 3 is 2.38 bits per heavy atom. The van der Waals surface area contributed by atoms with Gasteiger partial charge in [-0.2, -0.15) is 4.98 Å². The number of rotatable bonds is 11. The summed E-state index contributed by atoms with van der Waals surface area (Å²) in [5.41, 5.74) is 4.19. The maximum atomic E-state index is 12.5. The van der Waals surface area contributed by atoms with Gasteiger partial charge in [0, 0.05) is 16.5 Å². The highest BCUT2D eigenvalue weighted by atomic mass is 32.2. The van der Waals surface area contributed by atoms with Gasteiger partial charge in [0.1, 0.15) is 12.2 Å². The SMILES string of the molecule is Cc1cccc(C)c1-c1cc(OCC(CC(C)C)NC(=O)OC(C)(C)C)nc(NSc2cccc(CO)c2)n1. The number of amides is 1. The smallest absolute Gasteiger partial charge is 0.407 e. The quantitative estimate of drug-likeness (QED) is 0.226. The van der Waals surface area contributed by atoms with Gasteiger partial charge in [0.2, 0.25) is 11.8 Å². The molecule has 1 amide bonds. The van der Waals surface area contributed by atoms with Crippen LogP contribution in [0.1, 0.15) is 57.7 Å². The van der Waals surface area contributed by atoms with Gasteiger partial charge in [-0.05, 0) is 87.7 Å². The van der Waals surface area contributed by atoms with Crippen molar-refractivity contribution in [3.63, 3.8) is 0 Å². The average Bonchev–Trinajstić information content (AvgIpc) is 2.84. The second-order valence-electron chi connectivity index (χ2n) is 11.0. The maximum absolute atomic E-state index is 12.5. The van der Waals surface area contributed by atoms with E-state index in [0.29, 0.717) is 17.7 Å². The van der Waals surface area contributed by atoms with Crippen molar-refractivity contribution in [1.82, 2.24) is 15.3 Å². The van der Waals surface area contributed by atoms with Crippen LogP contribution in [0.15, 0.2) is 53.4 Å². The molecule has 0 saturated carbocycles. The van der Waals surface area contributed by atoms with Gasteiger partial charge in [0.25, 0.3) is 0 Å². The van der Waals surface area contributed by atoms with Gasteiger partial charge in [0.15, 0.2) is 0 Å². The van der Waals surface area contributed by atoms with E-state index in [1.165, 1.54) is 11.9 Å². The number of benzene rings is 2. The monoisotopic (exact) mass is 552 g/mol. The normalized spacial score (nSPS) is 12.2. The van der Waals surface area contributed by atoms with E-state index in [2.05, 4.69) is 54.9 Å². The first-order chi connectivity index (χ1) is 18.4. The molecule has 3 aromatic rings. The fourth-order valence-electron chi connectivity index (χ4n) is 4.10. The lowest BCUT2D eigenvalue weighted by molar-refractivity contribution is 0.0479. The van der Waals surface area contributed by atoms with Crippen molar-refractivity contribution in [2.75, 3.05) is 11.3 Å². The Labute approximate surface area is 236 Å². The van der Waals surface area contributed by atoms with Crippen LogP contribution in [-0.4, -0.2) is 39.4 Å². The molecule has 0 aliphatic rings. The topological polar surface area (TPSA) is 106 Å². The molecule has 0 saturated heterocycles. The number of hydrogen-bond donors (Lipinski definition) is 3. The van der Waals surface area contributed by atoms with E-state index in [9.17, 15) is 9.90 Å². The second-order valence-corrected chi connectivity index (χ2v) is 11.9. The van der Waals surface area contributed by atoms with Crippen LogP contribution in [0.2, 0.25) is 0 Å². The van der Waals surface area contributed by atoms with Crippen molar-refractivity contribution in [2.24, 2.45) is 5.92 Å². The summed E-state index contributed by atoms with van der Waals surface area (Å²) in [6, 6.07) is 15.3. The highest BCUT2D eigenvalue weighted by Crippen LogP contribution is 2.30. The minimum atomic E-state index is -0.588. The van der Waals surface area contributed by atoms with Crippen molar-refractivity contribution < 1.29 is 19.4 Å². The molecule has 9 heteroatoms. The number of aromatic nitrogens is 2. The third-order valence-electron chi connectivity index (χ3n) is 5.69. The first kappa shape index (κ1) is 30.2. The number of aliphatic hydroxyl groups is 1. The van der Waals surface area contributed by atoms with Gasteiger partial charge in [-0.15, -0.1) is 0 Å². The Morgan fingerprint density at radius 1 is 1.05 bits per heavy atom. The predicted octanol–water partition coefficient (Wildman–Crippen LogP) is 6.69. The Morgan fingerprint density at radius 2 is 1.74 bits per heavy atom. The largest absolute Gasteiger partial charge is 0.475 e. The predicted molar refractivity (Wildman–Crippen MR) is 157 cm³/mol. The zero-order valence-electron chi connectivity index (χ0n) is 23.9. The average molecular weight is 553 g/mol. The fraction of sp³-hybridized carbons (Fsp3) is 0.433. The Kier molecular flexibility index (Phi) is 10.6. The highest BCUT2D eigenvalue weighted by molar-refractivity contribution is 8.00. The lowest BCUT2D eigenvalue weighted by Gasteiger charge is -2.24. The standard InChI is InChI=1S/C30H40N4O4S/c1-19(2)14-23(31-29(36)38-30(5,6)7)18-37-26-16-25(27-20(3)10-8-11-21(27)4)32-28(33-26)34-39-24-13-9-12-22(15-24)17-35/h8-13,15-16,19,23,35H,14,17-18H2,1-7H3,(H,31,36)(H,32,33,34). The zero-order chi connectivity index (χ0) is 28.6. The molecule has 39 heavy (non-hydrogen) atoms. The van der Waals surface area contributed by atoms with E-state index in [4.69, 9.17) is 14.5 Å². The molecule has 0 fully saturated rings. The number of nitrogens with one attached hydrogen (secondary N) is 2. The fourth-order valence-corrected chi connectivity index (χ4v) is 4.76. The molecular formula is C30H40N4O4S. The number of carbonyl (C=O) groups is 1. The third kappa shape index (κ3) is 9.75. The Hall–Kier alpha value is -3.30. The molecule has 210 valence electrons. The van der Waals surface area contributed by atoms with Crippen LogP contribution in [-0.2, 0) is 11.3 Å². The van der Waals surface area contributed by atoms with Crippen LogP contribution in [0.25, 0.3) is 11.3 Å². The van der Waals surface area contributed by atoms with Gasteiger partial charge in [-0.3, -0.25) is 4.72 Å². The van der Waals surface area contributed by atoms with Crippen molar-refractivity contribution in [1.29, 1.82) is 0 Å². The molecule has 3 rings (SSSR count). The number of ether oxygens (including phenoxy) is 2. The number of alkyl carbamates (subject to hydrolysis) is 1. The highest BCUT2D eigenvalue weighted by Gasteiger charge is 2.21. The number of aliphatic hydroxyl groups excluding tert-OH is 1. The van der Waals surface area contributed by atoms with Crippen LogP contribution >= 0.6 is 11.9 Å². The first-order valence-electron chi connectivity index (χ1n) is 13.1. The van der Waals surface area contributed by atoms with E-state index in [-0.39, 0.29) is 19.3 Å². The van der Waals surface area contributed by atoms with Crippen LogP contribution in [0.5, 0.6) is 5.88 Å². The van der Waals surface area contributed by atoms with E-state index >= 15 is 0 Å². The minimum absolute atomic E-state index is 0.0280. The van der Waals surface area contributed by atoms with Crippen molar-refractivity contribution >= 4 is 24.0 Å². The van der Waals surface area contributed by atoms with E-state index in [1.807, 2.05) is 57.2 Å². The molecule has 8 nitrogen and oxygen atoms in total. The third-order valence-corrected chi connectivity index (χ3v) is 6.46. The Bertz CT molecular complexity index is 1240. The molecule has 0 aliphatic heterocycles. The van der Waals surface area contributed by atoms with E-state index in [0.717, 1.165) is 39.3 Å². The summed E-state index contributed by atoms with van der Waals surface area (Å²) in [7, 11) is 0. The van der Waals surface area contributed by atoms with Crippen molar-refractivity contribution in [2.45, 2.75) is 78.0 Å². The zero-order valence-corrected chi connectivity index (χ0v) is 24.7. The second kappa shape index (κ2) is 13.7. The maximum Gasteiger partial charge on any atom is 0.407 e. The van der Waals surface area contributed by atoms with Crippen LogP contribution in [0.4, 0.5) is 10.7 Å². The molecule has 2 aromatic carbocycles. The van der Waals surface area contributed by atoms with Gasteiger partial charge in [-0.1, -0.05) is 44.2 Å². The van der Waals surface area contributed by atoms with Crippen LogP contribution in [0.3, 0.4) is 0 Å². The molecule has 0 spiro atoms. The lowest BCUT2D eigenvalue weighted by Crippen LogP contribution is -2.42. The molecule has 0 bridgehead atoms. The van der Waals surface area contributed by atoms with Gasteiger partial charge < -0.3 is 19.9 Å². The molecular weight excluding hydrogens is 512 g/mol. The number of nitrogens with zero attached hydrogens (tertiary/aromatic N) is 2. The van der Waals surface area contributed by atoms with Crippen molar-refractivity contribution in [3.8, 4) is 17.1 Å². The molecule has 3 N–H and O–H groups in total. The summed E-state index contributed by atoms with van der Waals surface area (Å²) in [5.74, 6) is 1.13.